The Balaban J connectivity index is 2.11. The van der Waals surface area contributed by atoms with Gasteiger partial charge >= 0.3 is 5.97 Å². The third kappa shape index (κ3) is 5.46. The van der Waals surface area contributed by atoms with Gasteiger partial charge in [-0.25, -0.2) is 4.79 Å². The predicted octanol–water partition coefficient (Wildman–Crippen LogP) is 2.29. The molecule has 1 rings (SSSR count). The number of nitrogens with zero attached hydrogens (tertiary/aromatic N) is 1. The number of aromatic nitrogens is 1. The lowest BCUT2D eigenvalue weighted by molar-refractivity contribution is -0.272. The van der Waals surface area contributed by atoms with E-state index in [2.05, 4.69) is 16.8 Å². The Kier molecular flexibility index (Phi) is 6.18. The van der Waals surface area contributed by atoms with Crippen molar-refractivity contribution in [3.8, 4) is 0 Å². The van der Waals surface area contributed by atoms with Gasteiger partial charge in [0.25, 0.3) is 0 Å². The highest BCUT2D eigenvalue weighted by atomic mass is 17.2. The van der Waals surface area contributed by atoms with Crippen molar-refractivity contribution in [3.63, 3.8) is 0 Å². The Labute approximate surface area is 95.5 Å². The van der Waals surface area contributed by atoms with Crippen LogP contribution >= 0.6 is 0 Å². The van der Waals surface area contributed by atoms with Gasteiger partial charge in [-0.05, 0) is 30.5 Å². The summed E-state index contributed by atoms with van der Waals surface area (Å²) in [6.45, 7) is 2.52. The molecule has 4 nitrogen and oxygen atoms in total. The number of hydrogen-bond donors (Lipinski definition) is 0. The molecule has 88 valence electrons. The van der Waals surface area contributed by atoms with E-state index in [1.165, 1.54) is 0 Å². The molecule has 0 spiro atoms. The zero-order valence-electron chi connectivity index (χ0n) is 9.52. The highest BCUT2D eigenvalue weighted by molar-refractivity contribution is 5.68. The van der Waals surface area contributed by atoms with E-state index in [0.29, 0.717) is 19.4 Å². The third-order valence-corrected chi connectivity index (χ3v) is 2.10. The molecule has 0 fully saturated rings. The van der Waals surface area contributed by atoms with Crippen LogP contribution in [0.4, 0.5) is 0 Å². The summed E-state index contributed by atoms with van der Waals surface area (Å²) in [7, 11) is 0. The van der Waals surface area contributed by atoms with Crippen molar-refractivity contribution in [3.05, 3.63) is 30.1 Å². The maximum absolute atomic E-state index is 11.2. The first-order valence-corrected chi connectivity index (χ1v) is 5.54. The smallest absolute Gasteiger partial charge is 0.298 e. The van der Waals surface area contributed by atoms with Crippen molar-refractivity contribution in [1.29, 1.82) is 0 Å². The van der Waals surface area contributed by atoms with Crippen molar-refractivity contribution in [2.45, 2.75) is 32.6 Å². The van der Waals surface area contributed by atoms with Gasteiger partial charge in [0.2, 0.25) is 0 Å². The average Bonchev–Trinajstić information content (AvgIpc) is 2.33. The van der Waals surface area contributed by atoms with Gasteiger partial charge in [0.1, 0.15) is 0 Å². The Bertz CT molecular complexity index is 300. The van der Waals surface area contributed by atoms with Crippen molar-refractivity contribution in [2.24, 2.45) is 0 Å². The molecular weight excluding hydrogens is 206 g/mol. The van der Waals surface area contributed by atoms with Crippen LogP contribution in [0, 0.1) is 0 Å². The molecule has 1 heterocycles. The molecule has 0 amide bonds. The monoisotopic (exact) mass is 223 g/mol. The van der Waals surface area contributed by atoms with Crippen molar-refractivity contribution in [2.75, 3.05) is 6.61 Å². The molecule has 0 unspecified atom stereocenters. The van der Waals surface area contributed by atoms with E-state index < -0.39 is 0 Å². The minimum Gasteiger partial charge on any atom is -0.298 e. The molecule has 4 heteroatoms. The Morgan fingerprint density at radius 2 is 2.12 bits per heavy atom. The molecule has 1 aromatic heterocycles. The van der Waals surface area contributed by atoms with Crippen LogP contribution < -0.4 is 0 Å². The zero-order chi connectivity index (χ0) is 11.6. The number of hydrogen-bond acceptors (Lipinski definition) is 4. The standard InChI is InChI=1S/C12H17NO3/c1-2-3-10-15-16-12(14)5-4-11-6-8-13-9-7-11/h6-9H,2-5,10H2,1H3. The highest BCUT2D eigenvalue weighted by Gasteiger charge is 2.04. The van der Waals surface area contributed by atoms with Crippen molar-refractivity contribution >= 4 is 5.97 Å². The molecule has 0 saturated carbocycles. The largest absolute Gasteiger partial charge is 0.342 e. The van der Waals surface area contributed by atoms with Gasteiger partial charge < -0.3 is 0 Å². The summed E-state index contributed by atoms with van der Waals surface area (Å²) in [4.78, 5) is 24.5. The van der Waals surface area contributed by atoms with Crippen molar-refractivity contribution in [1.82, 2.24) is 4.98 Å². The molecule has 16 heavy (non-hydrogen) atoms. The normalized spacial score (nSPS) is 10.1. The lowest BCUT2D eigenvalue weighted by Crippen LogP contribution is -2.07. The number of aryl methyl sites for hydroxylation is 1. The fourth-order valence-electron chi connectivity index (χ4n) is 1.15. The summed E-state index contributed by atoms with van der Waals surface area (Å²) >= 11 is 0. The van der Waals surface area contributed by atoms with Crippen LogP contribution in [0.2, 0.25) is 0 Å². The van der Waals surface area contributed by atoms with E-state index in [-0.39, 0.29) is 5.97 Å². The number of carbonyl (C=O) groups excluding carboxylic acids is 1. The first-order chi connectivity index (χ1) is 7.83. The molecule has 0 aliphatic carbocycles. The summed E-state index contributed by atoms with van der Waals surface area (Å²) in [5.41, 5.74) is 1.07. The van der Waals surface area contributed by atoms with Crippen LogP contribution in [0.1, 0.15) is 31.7 Å². The number of unbranched alkanes of at least 4 members (excludes halogenated alkanes) is 1. The fourth-order valence-corrected chi connectivity index (χ4v) is 1.15. The molecule has 0 bridgehead atoms. The van der Waals surface area contributed by atoms with E-state index in [9.17, 15) is 4.79 Å². The van der Waals surface area contributed by atoms with Gasteiger partial charge in [-0.1, -0.05) is 13.3 Å². The Morgan fingerprint density at radius 3 is 2.81 bits per heavy atom. The molecule has 0 aliphatic rings. The second kappa shape index (κ2) is 7.82. The zero-order valence-corrected chi connectivity index (χ0v) is 9.52. The summed E-state index contributed by atoms with van der Waals surface area (Å²) in [6, 6.07) is 3.76. The number of rotatable bonds is 7. The van der Waals surface area contributed by atoms with Crippen LogP contribution in [-0.4, -0.2) is 17.6 Å². The van der Waals surface area contributed by atoms with E-state index in [0.717, 1.165) is 18.4 Å². The van der Waals surface area contributed by atoms with E-state index in [1.807, 2.05) is 12.1 Å². The molecular formula is C12H17NO3. The maximum atomic E-state index is 11.2. The van der Waals surface area contributed by atoms with Gasteiger partial charge in [0, 0.05) is 12.4 Å². The molecule has 0 aliphatic heterocycles. The van der Waals surface area contributed by atoms with Gasteiger partial charge in [0.15, 0.2) is 0 Å². The highest BCUT2D eigenvalue weighted by Crippen LogP contribution is 2.02. The lowest BCUT2D eigenvalue weighted by atomic mass is 10.1. The van der Waals surface area contributed by atoms with Crippen LogP contribution in [0.15, 0.2) is 24.5 Å². The molecule has 1 aromatic rings. The van der Waals surface area contributed by atoms with Crippen LogP contribution in [-0.2, 0) is 21.0 Å². The molecule has 0 saturated heterocycles. The van der Waals surface area contributed by atoms with Gasteiger partial charge in [-0.15, -0.1) is 0 Å². The average molecular weight is 223 g/mol. The van der Waals surface area contributed by atoms with E-state index in [1.54, 1.807) is 12.4 Å². The first kappa shape index (κ1) is 12.6. The summed E-state index contributed by atoms with van der Waals surface area (Å²) in [6.07, 6.45) is 6.32. The minimum absolute atomic E-state index is 0.326. The quantitative estimate of drug-likeness (QED) is 0.404. The van der Waals surface area contributed by atoms with Gasteiger partial charge in [-0.3, -0.25) is 9.87 Å². The molecule has 0 N–H and O–H groups in total. The maximum Gasteiger partial charge on any atom is 0.342 e. The third-order valence-electron chi connectivity index (χ3n) is 2.10. The summed E-state index contributed by atoms with van der Waals surface area (Å²) in [5.74, 6) is -0.326. The summed E-state index contributed by atoms with van der Waals surface area (Å²) < 4.78 is 0. The topological polar surface area (TPSA) is 48.4 Å². The van der Waals surface area contributed by atoms with E-state index >= 15 is 0 Å². The second-order valence-corrected chi connectivity index (χ2v) is 3.49. The van der Waals surface area contributed by atoms with Crippen LogP contribution in [0.25, 0.3) is 0 Å². The summed E-state index contributed by atoms with van der Waals surface area (Å²) in [5, 5.41) is 0. The number of pyridine rings is 1. The van der Waals surface area contributed by atoms with Gasteiger partial charge in [0.05, 0.1) is 13.0 Å². The van der Waals surface area contributed by atoms with Crippen LogP contribution in [0.3, 0.4) is 0 Å². The Morgan fingerprint density at radius 1 is 1.38 bits per heavy atom. The minimum atomic E-state index is -0.326. The van der Waals surface area contributed by atoms with Gasteiger partial charge in [-0.2, -0.15) is 4.89 Å². The van der Waals surface area contributed by atoms with Crippen LogP contribution in [0.5, 0.6) is 0 Å². The molecule has 0 aromatic carbocycles. The number of carbonyl (C=O) groups is 1. The first-order valence-electron chi connectivity index (χ1n) is 5.54. The molecule has 0 atom stereocenters. The van der Waals surface area contributed by atoms with Crippen molar-refractivity contribution < 1.29 is 14.6 Å². The molecule has 0 radical (unpaired) electrons. The lowest BCUT2D eigenvalue weighted by Gasteiger charge is -2.02. The fraction of sp³-hybridized carbons (Fsp3) is 0.500. The SMILES string of the molecule is CCCCOOC(=O)CCc1ccncc1. The Hall–Kier alpha value is -1.42. The van der Waals surface area contributed by atoms with E-state index in [4.69, 9.17) is 4.89 Å². The predicted molar refractivity (Wildman–Crippen MR) is 59.5 cm³/mol. The second-order valence-electron chi connectivity index (χ2n) is 3.49.